The van der Waals surface area contributed by atoms with Crippen molar-refractivity contribution in [3.05, 3.63) is 65.0 Å². The summed E-state index contributed by atoms with van der Waals surface area (Å²) in [5, 5.41) is 0. The van der Waals surface area contributed by atoms with Gasteiger partial charge in [-0.15, -0.1) is 11.8 Å². The van der Waals surface area contributed by atoms with Crippen LogP contribution in [0, 0.1) is 5.82 Å². The molecule has 20 heavy (non-hydrogen) atoms. The summed E-state index contributed by atoms with van der Waals surface area (Å²) < 4.78 is 12.8. The Morgan fingerprint density at radius 3 is 2.60 bits per heavy atom. The molecule has 0 N–H and O–H groups in total. The Labute approximate surface area is 122 Å². The molecule has 0 radical (unpaired) electrons. The summed E-state index contributed by atoms with van der Waals surface area (Å²) >= 11 is 1.55. The normalized spacial score (nSPS) is 13.2. The van der Waals surface area contributed by atoms with Crippen LogP contribution < -0.4 is 0 Å². The number of thioether (sulfide) groups is 1. The molecule has 2 aromatic carbocycles. The van der Waals surface area contributed by atoms with Gasteiger partial charge in [-0.1, -0.05) is 6.07 Å². The van der Waals surface area contributed by atoms with Crippen molar-refractivity contribution in [2.75, 3.05) is 5.75 Å². The Bertz CT molecular complexity index is 634. The van der Waals surface area contributed by atoms with E-state index in [2.05, 4.69) is 18.2 Å². The monoisotopic (exact) mass is 286 g/mol. The first-order chi connectivity index (χ1) is 9.72. The summed E-state index contributed by atoms with van der Waals surface area (Å²) in [5.74, 6) is 0.119. The van der Waals surface area contributed by atoms with E-state index in [1.807, 2.05) is 0 Å². The summed E-state index contributed by atoms with van der Waals surface area (Å²) in [6.45, 7) is 0. The van der Waals surface area contributed by atoms with Gasteiger partial charge in [0.1, 0.15) is 5.82 Å². The number of benzene rings is 2. The molecule has 3 rings (SSSR count). The molecule has 0 fully saturated rings. The van der Waals surface area contributed by atoms with Crippen LogP contribution in [0.3, 0.4) is 0 Å². The molecule has 0 atom stereocenters. The minimum atomic E-state index is -0.312. The topological polar surface area (TPSA) is 17.1 Å². The lowest BCUT2D eigenvalue weighted by Gasteiger charge is -2.05. The maximum atomic E-state index is 12.8. The van der Waals surface area contributed by atoms with Gasteiger partial charge in [-0.05, 0) is 66.8 Å². The third-order valence-electron chi connectivity index (χ3n) is 3.61. The summed E-state index contributed by atoms with van der Waals surface area (Å²) in [4.78, 5) is 13.2. The van der Waals surface area contributed by atoms with Crippen LogP contribution in [0.2, 0.25) is 0 Å². The van der Waals surface area contributed by atoms with E-state index in [0.29, 0.717) is 11.3 Å². The Hall–Kier alpha value is -1.61. The van der Waals surface area contributed by atoms with E-state index in [-0.39, 0.29) is 11.6 Å². The average molecular weight is 286 g/mol. The summed E-state index contributed by atoms with van der Waals surface area (Å²) in [7, 11) is 0. The minimum Gasteiger partial charge on any atom is -0.293 e. The maximum Gasteiger partial charge on any atom is 0.173 e. The fourth-order valence-electron chi connectivity index (χ4n) is 2.51. The lowest BCUT2D eigenvalue weighted by Crippen LogP contribution is -2.02. The molecule has 0 saturated carbocycles. The molecule has 0 unspecified atom stereocenters. The summed E-state index contributed by atoms with van der Waals surface area (Å²) in [6.07, 6.45) is 3.56. The van der Waals surface area contributed by atoms with Gasteiger partial charge >= 0.3 is 0 Å². The third-order valence-corrected chi connectivity index (χ3v) is 4.60. The highest BCUT2D eigenvalue weighted by Crippen LogP contribution is 2.27. The second-order valence-electron chi connectivity index (χ2n) is 5.00. The first-order valence-corrected chi connectivity index (χ1v) is 7.74. The van der Waals surface area contributed by atoms with Crippen LogP contribution in [0.15, 0.2) is 47.4 Å². The van der Waals surface area contributed by atoms with Gasteiger partial charge in [-0.2, -0.15) is 0 Å². The molecule has 0 heterocycles. The van der Waals surface area contributed by atoms with Gasteiger partial charge in [0.2, 0.25) is 0 Å². The molecular weight excluding hydrogens is 271 g/mol. The highest BCUT2D eigenvalue weighted by atomic mass is 32.2. The fraction of sp³-hybridized carbons (Fsp3) is 0.235. The van der Waals surface area contributed by atoms with E-state index in [0.717, 1.165) is 11.3 Å². The van der Waals surface area contributed by atoms with Crippen molar-refractivity contribution in [2.24, 2.45) is 0 Å². The van der Waals surface area contributed by atoms with Crippen LogP contribution in [0.4, 0.5) is 4.39 Å². The number of ketones is 1. The van der Waals surface area contributed by atoms with Crippen LogP contribution in [-0.4, -0.2) is 11.5 Å². The van der Waals surface area contributed by atoms with Gasteiger partial charge in [0.25, 0.3) is 0 Å². The zero-order chi connectivity index (χ0) is 13.9. The number of fused-ring (bicyclic) bond motifs is 1. The van der Waals surface area contributed by atoms with E-state index in [9.17, 15) is 9.18 Å². The molecule has 0 aromatic heterocycles. The zero-order valence-corrected chi connectivity index (χ0v) is 11.9. The largest absolute Gasteiger partial charge is 0.293 e. The molecule has 0 aliphatic heterocycles. The highest BCUT2D eigenvalue weighted by molar-refractivity contribution is 8.00. The lowest BCUT2D eigenvalue weighted by atomic mass is 10.1. The molecule has 1 aliphatic rings. The van der Waals surface area contributed by atoms with Crippen molar-refractivity contribution >= 4 is 17.5 Å². The SMILES string of the molecule is O=C(CSc1ccc2c(c1)CCC2)c1ccc(F)cc1. The van der Waals surface area contributed by atoms with Crippen molar-refractivity contribution in [1.82, 2.24) is 0 Å². The minimum absolute atomic E-state index is 0.0375. The van der Waals surface area contributed by atoms with E-state index >= 15 is 0 Å². The third kappa shape index (κ3) is 2.93. The molecule has 1 nitrogen and oxygen atoms in total. The second-order valence-corrected chi connectivity index (χ2v) is 6.05. The van der Waals surface area contributed by atoms with Crippen molar-refractivity contribution in [1.29, 1.82) is 0 Å². The van der Waals surface area contributed by atoms with Crippen LogP contribution in [0.25, 0.3) is 0 Å². The Morgan fingerprint density at radius 1 is 1.05 bits per heavy atom. The number of halogens is 1. The van der Waals surface area contributed by atoms with Crippen LogP contribution >= 0.6 is 11.8 Å². The highest BCUT2D eigenvalue weighted by Gasteiger charge is 2.12. The number of hydrogen-bond acceptors (Lipinski definition) is 2. The van der Waals surface area contributed by atoms with Crippen molar-refractivity contribution in [2.45, 2.75) is 24.2 Å². The number of rotatable bonds is 4. The molecule has 0 amide bonds. The van der Waals surface area contributed by atoms with Crippen LogP contribution in [-0.2, 0) is 12.8 Å². The van der Waals surface area contributed by atoms with Gasteiger partial charge in [0.15, 0.2) is 5.78 Å². The molecule has 1 aliphatic carbocycles. The van der Waals surface area contributed by atoms with Crippen molar-refractivity contribution in [3.8, 4) is 0 Å². The smallest absolute Gasteiger partial charge is 0.173 e. The van der Waals surface area contributed by atoms with Gasteiger partial charge < -0.3 is 0 Å². The van der Waals surface area contributed by atoms with Gasteiger partial charge in [-0.3, -0.25) is 4.79 Å². The fourth-order valence-corrected chi connectivity index (χ4v) is 3.36. The van der Waals surface area contributed by atoms with E-state index in [4.69, 9.17) is 0 Å². The molecule has 0 bridgehead atoms. The molecule has 0 saturated heterocycles. The maximum absolute atomic E-state index is 12.8. The summed E-state index contributed by atoms with van der Waals surface area (Å²) in [6, 6.07) is 12.2. The quantitative estimate of drug-likeness (QED) is 0.616. The number of aryl methyl sites for hydroxylation is 2. The van der Waals surface area contributed by atoms with E-state index in [1.165, 1.54) is 36.1 Å². The van der Waals surface area contributed by atoms with Crippen LogP contribution in [0.1, 0.15) is 27.9 Å². The van der Waals surface area contributed by atoms with Gasteiger partial charge in [-0.25, -0.2) is 4.39 Å². The Morgan fingerprint density at radius 2 is 1.80 bits per heavy atom. The van der Waals surface area contributed by atoms with Crippen LogP contribution in [0.5, 0.6) is 0 Å². The number of Topliss-reactive ketones (excluding diaryl/α,β-unsaturated/α-hetero) is 1. The van der Waals surface area contributed by atoms with Gasteiger partial charge in [0, 0.05) is 10.5 Å². The first kappa shape index (κ1) is 13.4. The van der Waals surface area contributed by atoms with Crippen molar-refractivity contribution < 1.29 is 9.18 Å². The Kier molecular flexibility index (Phi) is 3.88. The lowest BCUT2D eigenvalue weighted by molar-refractivity contribution is 0.102. The molecule has 0 spiro atoms. The Balaban J connectivity index is 1.64. The first-order valence-electron chi connectivity index (χ1n) is 6.76. The van der Waals surface area contributed by atoms with E-state index in [1.54, 1.807) is 23.9 Å². The van der Waals surface area contributed by atoms with E-state index < -0.39 is 0 Å². The zero-order valence-electron chi connectivity index (χ0n) is 11.1. The second kappa shape index (κ2) is 5.80. The predicted molar refractivity (Wildman–Crippen MR) is 79.9 cm³/mol. The number of hydrogen-bond donors (Lipinski definition) is 0. The average Bonchev–Trinajstić information content (AvgIpc) is 2.93. The number of carbonyl (C=O) groups is 1. The van der Waals surface area contributed by atoms with Gasteiger partial charge in [0.05, 0.1) is 5.75 Å². The molecule has 3 heteroatoms. The van der Waals surface area contributed by atoms with Crippen molar-refractivity contribution in [3.63, 3.8) is 0 Å². The summed E-state index contributed by atoms with van der Waals surface area (Å²) in [5.41, 5.74) is 3.43. The number of carbonyl (C=O) groups excluding carboxylic acids is 1. The molecular formula is C17H15FOS. The predicted octanol–water partition coefficient (Wildman–Crippen LogP) is 4.29. The molecule has 2 aromatic rings. The molecule has 102 valence electrons. The standard InChI is InChI=1S/C17H15FOS/c18-15-7-4-13(5-8-15)17(19)11-20-16-9-6-12-2-1-3-14(12)10-16/h4-10H,1-3,11H2.